The standard InChI is InChI=1S/C21H20N2OS/c24-14-21(25-20-13-23-18-9-5-4-8-17(18)20)19-12-16(10-11-22-19)15-6-2-1-3-7-15/h1-10,13-14,19,21-23H,11-12H2. The second kappa shape index (κ2) is 7.30. The van der Waals surface area contributed by atoms with E-state index in [4.69, 9.17) is 0 Å². The Morgan fingerprint density at radius 1 is 1.08 bits per heavy atom. The summed E-state index contributed by atoms with van der Waals surface area (Å²) >= 11 is 1.64. The summed E-state index contributed by atoms with van der Waals surface area (Å²) in [5.41, 5.74) is 3.67. The largest absolute Gasteiger partial charge is 0.360 e. The Morgan fingerprint density at radius 2 is 1.88 bits per heavy atom. The first-order valence-corrected chi connectivity index (χ1v) is 9.39. The summed E-state index contributed by atoms with van der Waals surface area (Å²) in [6.45, 7) is 0.799. The average molecular weight is 348 g/mol. The van der Waals surface area contributed by atoms with E-state index in [2.05, 4.69) is 52.8 Å². The van der Waals surface area contributed by atoms with Crippen LogP contribution in [0.15, 0.2) is 71.8 Å². The van der Waals surface area contributed by atoms with Crippen molar-refractivity contribution in [3.8, 4) is 0 Å². The van der Waals surface area contributed by atoms with Crippen molar-refractivity contribution in [2.24, 2.45) is 0 Å². The molecule has 4 rings (SSSR count). The minimum absolute atomic E-state index is 0.119. The Bertz CT molecular complexity index is 900. The Labute approximate surface area is 151 Å². The normalized spacial score (nSPS) is 18.7. The van der Waals surface area contributed by atoms with Crippen molar-refractivity contribution < 1.29 is 4.79 Å². The third-order valence-electron chi connectivity index (χ3n) is 4.66. The van der Waals surface area contributed by atoms with Crippen molar-refractivity contribution in [3.05, 3.63) is 72.4 Å². The summed E-state index contributed by atoms with van der Waals surface area (Å²) in [6.07, 6.45) is 6.17. The molecule has 126 valence electrons. The smallest absolute Gasteiger partial charge is 0.134 e. The molecule has 1 aliphatic rings. The molecule has 2 heterocycles. The van der Waals surface area contributed by atoms with Gasteiger partial charge in [0.05, 0.1) is 5.25 Å². The van der Waals surface area contributed by atoms with E-state index in [9.17, 15) is 4.79 Å². The second-order valence-corrected chi connectivity index (χ2v) is 7.45. The number of hydrogen-bond donors (Lipinski definition) is 2. The van der Waals surface area contributed by atoms with Crippen LogP contribution in [0.5, 0.6) is 0 Å². The fourth-order valence-electron chi connectivity index (χ4n) is 3.34. The fraction of sp³-hybridized carbons (Fsp3) is 0.190. The Balaban J connectivity index is 1.53. The summed E-state index contributed by atoms with van der Waals surface area (Å²) in [4.78, 5) is 16.2. The molecule has 0 fully saturated rings. The number of thioether (sulfide) groups is 1. The Morgan fingerprint density at radius 3 is 2.72 bits per heavy atom. The van der Waals surface area contributed by atoms with Gasteiger partial charge in [-0.25, -0.2) is 0 Å². The highest BCUT2D eigenvalue weighted by molar-refractivity contribution is 8.00. The SMILES string of the molecule is O=CC(Sc1c[nH]c2ccccc12)C1CC(c2ccccc2)=CCN1. The van der Waals surface area contributed by atoms with Gasteiger partial charge in [0, 0.05) is 34.6 Å². The third-order valence-corrected chi connectivity index (χ3v) is 5.96. The van der Waals surface area contributed by atoms with Crippen LogP contribution in [0.2, 0.25) is 0 Å². The number of aldehydes is 1. The first-order valence-electron chi connectivity index (χ1n) is 8.51. The minimum atomic E-state index is -0.119. The van der Waals surface area contributed by atoms with Gasteiger partial charge in [0.15, 0.2) is 0 Å². The van der Waals surface area contributed by atoms with Crippen molar-refractivity contribution in [1.82, 2.24) is 10.3 Å². The lowest BCUT2D eigenvalue weighted by Gasteiger charge is -2.28. The predicted molar refractivity (Wildman–Crippen MR) is 105 cm³/mol. The van der Waals surface area contributed by atoms with Gasteiger partial charge in [-0.2, -0.15) is 0 Å². The van der Waals surface area contributed by atoms with Crippen LogP contribution >= 0.6 is 11.8 Å². The van der Waals surface area contributed by atoms with E-state index in [-0.39, 0.29) is 11.3 Å². The first-order chi connectivity index (χ1) is 12.3. The van der Waals surface area contributed by atoms with Crippen LogP contribution in [-0.4, -0.2) is 29.1 Å². The maximum Gasteiger partial charge on any atom is 0.134 e. The first kappa shape index (κ1) is 16.2. The molecule has 2 aromatic carbocycles. The number of aromatic amines is 1. The topological polar surface area (TPSA) is 44.9 Å². The van der Waals surface area contributed by atoms with Crippen molar-refractivity contribution in [2.45, 2.75) is 22.6 Å². The lowest BCUT2D eigenvalue weighted by molar-refractivity contribution is -0.107. The van der Waals surface area contributed by atoms with Crippen molar-refractivity contribution in [2.75, 3.05) is 6.54 Å². The molecule has 3 aromatic rings. The van der Waals surface area contributed by atoms with Crippen LogP contribution in [0.4, 0.5) is 0 Å². The van der Waals surface area contributed by atoms with Gasteiger partial charge in [-0.05, 0) is 23.6 Å². The van der Waals surface area contributed by atoms with Crippen LogP contribution in [0.1, 0.15) is 12.0 Å². The van der Waals surface area contributed by atoms with Gasteiger partial charge in [0.2, 0.25) is 0 Å². The zero-order chi connectivity index (χ0) is 17.1. The number of carbonyl (C=O) groups is 1. The van der Waals surface area contributed by atoms with Gasteiger partial charge >= 0.3 is 0 Å². The molecule has 0 spiro atoms. The van der Waals surface area contributed by atoms with Gasteiger partial charge in [-0.3, -0.25) is 0 Å². The molecule has 3 nitrogen and oxygen atoms in total. The van der Waals surface area contributed by atoms with Crippen LogP contribution in [-0.2, 0) is 4.79 Å². The van der Waals surface area contributed by atoms with Crippen LogP contribution in [0, 0.1) is 0 Å². The molecule has 2 unspecified atom stereocenters. The third kappa shape index (κ3) is 3.41. The monoisotopic (exact) mass is 348 g/mol. The molecule has 25 heavy (non-hydrogen) atoms. The number of carbonyl (C=O) groups excluding carboxylic acids is 1. The van der Waals surface area contributed by atoms with Gasteiger partial charge in [-0.15, -0.1) is 11.8 Å². The molecular formula is C21H20N2OS. The number of nitrogens with one attached hydrogen (secondary N) is 2. The van der Waals surface area contributed by atoms with E-state index in [1.54, 1.807) is 11.8 Å². The van der Waals surface area contributed by atoms with Crippen LogP contribution < -0.4 is 5.32 Å². The number of benzene rings is 2. The molecule has 2 atom stereocenters. The van der Waals surface area contributed by atoms with E-state index in [1.165, 1.54) is 16.5 Å². The highest BCUT2D eigenvalue weighted by atomic mass is 32.2. The molecule has 0 radical (unpaired) electrons. The number of aromatic nitrogens is 1. The molecule has 2 N–H and O–H groups in total. The van der Waals surface area contributed by atoms with E-state index in [0.29, 0.717) is 0 Å². The maximum absolute atomic E-state index is 11.8. The minimum Gasteiger partial charge on any atom is -0.360 e. The molecule has 0 amide bonds. The van der Waals surface area contributed by atoms with E-state index < -0.39 is 0 Å². The summed E-state index contributed by atoms with van der Waals surface area (Å²) < 4.78 is 0. The van der Waals surface area contributed by atoms with Crippen LogP contribution in [0.25, 0.3) is 16.5 Å². The van der Waals surface area contributed by atoms with E-state index in [1.807, 2.05) is 24.4 Å². The molecule has 4 heteroatoms. The molecule has 0 saturated heterocycles. The van der Waals surface area contributed by atoms with Gasteiger partial charge in [0.1, 0.15) is 6.29 Å². The molecule has 0 saturated carbocycles. The summed E-state index contributed by atoms with van der Waals surface area (Å²) in [6, 6.07) is 18.8. The Kier molecular flexibility index (Phi) is 4.72. The van der Waals surface area contributed by atoms with Gasteiger partial charge in [-0.1, -0.05) is 54.6 Å². The summed E-state index contributed by atoms with van der Waals surface area (Å²) in [7, 11) is 0. The molecule has 0 aliphatic carbocycles. The van der Waals surface area contributed by atoms with Crippen LogP contribution in [0.3, 0.4) is 0 Å². The zero-order valence-electron chi connectivity index (χ0n) is 13.8. The number of hydrogen-bond acceptors (Lipinski definition) is 3. The van der Waals surface area contributed by atoms with Gasteiger partial charge < -0.3 is 15.1 Å². The number of para-hydroxylation sites is 1. The molecule has 0 bridgehead atoms. The average Bonchev–Trinajstić information content (AvgIpc) is 3.10. The maximum atomic E-state index is 11.8. The number of fused-ring (bicyclic) bond motifs is 1. The van der Waals surface area contributed by atoms with Gasteiger partial charge in [0.25, 0.3) is 0 Å². The Hall–Kier alpha value is -2.30. The lowest BCUT2D eigenvalue weighted by Crippen LogP contribution is -2.41. The molecular weight excluding hydrogens is 328 g/mol. The van der Waals surface area contributed by atoms with Crippen molar-refractivity contribution in [3.63, 3.8) is 0 Å². The summed E-state index contributed by atoms with van der Waals surface area (Å²) in [5.74, 6) is 0. The number of rotatable bonds is 5. The lowest BCUT2D eigenvalue weighted by atomic mass is 9.94. The molecule has 1 aliphatic heterocycles. The highest BCUT2D eigenvalue weighted by Crippen LogP contribution is 2.34. The highest BCUT2D eigenvalue weighted by Gasteiger charge is 2.26. The van der Waals surface area contributed by atoms with E-state index >= 15 is 0 Å². The van der Waals surface area contributed by atoms with Crippen molar-refractivity contribution >= 4 is 34.5 Å². The quantitative estimate of drug-likeness (QED) is 0.534. The fourth-order valence-corrected chi connectivity index (χ4v) is 4.48. The second-order valence-electron chi connectivity index (χ2n) is 6.23. The number of H-pyrrole nitrogens is 1. The predicted octanol–water partition coefficient (Wildman–Crippen LogP) is 4.27. The van der Waals surface area contributed by atoms with Crippen molar-refractivity contribution in [1.29, 1.82) is 0 Å². The molecule has 1 aromatic heterocycles. The zero-order valence-corrected chi connectivity index (χ0v) is 14.6. The van der Waals surface area contributed by atoms with E-state index in [0.717, 1.165) is 29.7 Å². The summed E-state index contributed by atoms with van der Waals surface area (Å²) in [5, 5.41) is 4.55.